The van der Waals surface area contributed by atoms with Crippen LogP contribution in [0.25, 0.3) is 50.3 Å². The molecular formula is C31H30N6. The molecule has 37 heavy (non-hydrogen) atoms. The van der Waals surface area contributed by atoms with E-state index in [0.717, 1.165) is 74.3 Å². The van der Waals surface area contributed by atoms with Gasteiger partial charge in [-0.1, -0.05) is 56.8 Å². The maximum Gasteiger partial charge on any atom is 0.159 e. The minimum atomic E-state index is 0.712. The molecule has 0 aliphatic rings. The van der Waals surface area contributed by atoms with Gasteiger partial charge in [-0.2, -0.15) is 5.10 Å². The maximum atomic E-state index is 4.95. The highest BCUT2D eigenvalue weighted by Crippen LogP contribution is 2.32. The van der Waals surface area contributed by atoms with Crippen LogP contribution < -0.4 is 5.32 Å². The Bertz CT molecular complexity index is 1650. The second kappa shape index (κ2) is 10.5. The number of H-pyrrole nitrogens is 2. The van der Waals surface area contributed by atoms with Crippen LogP contribution in [0.4, 0.5) is 0 Å². The van der Waals surface area contributed by atoms with E-state index in [0.29, 0.717) is 5.82 Å². The van der Waals surface area contributed by atoms with E-state index < -0.39 is 0 Å². The molecule has 3 aromatic heterocycles. The lowest BCUT2D eigenvalue weighted by Gasteiger charge is -2.11. The first-order chi connectivity index (χ1) is 18.1. The number of pyridine rings is 1. The maximum absolute atomic E-state index is 4.95. The van der Waals surface area contributed by atoms with E-state index >= 15 is 0 Å². The van der Waals surface area contributed by atoms with E-state index in [1.165, 1.54) is 0 Å². The summed E-state index contributed by atoms with van der Waals surface area (Å²) in [4.78, 5) is 12.9. The average Bonchev–Trinajstić information content (AvgIpc) is 3.55. The van der Waals surface area contributed by atoms with E-state index in [-0.39, 0.29) is 0 Å². The second-order valence-corrected chi connectivity index (χ2v) is 8.86. The summed E-state index contributed by atoms with van der Waals surface area (Å²) in [5, 5.41) is 12.1. The van der Waals surface area contributed by atoms with Crippen LogP contribution in [0.1, 0.15) is 32.3 Å². The van der Waals surface area contributed by atoms with E-state index in [2.05, 4.69) is 75.9 Å². The molecular weight excluding hydrogens is 456 g/mol. The van der Waals surface area contributed by atoms with Crippen LogP contribution in [0.5, 0.6) is 0 Å². The van der Waals surface area contributed by atoms with Crippen LogP contribution in [-0.2, 0) is 0 Å². The zero-order valence-electron chi connectivity index (χ0n) is 21.2. The first-order valence-electron chi connectivity index (χ1n) is 12.5. The SMILES string of the molecule is C=C/C(=C\C(=C/C)c1ccc2[nH]nc(-c3nc4c(-c5ccccn5)cccc4[nH]3)c2c1)NC(=C)CCC. The van der Waals surface area contributed by atoms with Crippen molar-refractivity contribution in [2.24, 2.45) is 0 Å². The highest BCUT2D eigenvalue weighted by Gasteiger charge is 2.16. The Morgan fingerprint density at radius 3 is 2.73 bits per heavy atom. The van der Waals surface area contributed by atoms with E-state index in [1.54, 1.807) is 6.20 Å². The fourth-order valence-electron chi connectivity index (χ4n) is 4.46. The molecule has 0 spiro atoms. The van der Waals surface area contributed by atoms with Gasteiger partial charge >= 0.3 is 0 Å². The Balaban J connectivity index is 1.55. The van der Waals surface area contributed by atoms with Gasteiger partial charge in [0.15, 0.2) is 5.82 Å². The number of hydrogen-bond acceptors (Lipinski definition) is 4. The van der Waals surface area contributed by atoms with Crippen molar-refractivity contribution in [2.75, 3.05) is 0 Å². The van der Waals surface area contributed by atoms with Gasteiger partial charge in [-0.25, -0.2) is 4.98 Å². The number of rotatable bonds is 9. The lowest BCUT2D eigenvalue weighted by molar-refractivity contribution is 0.829. The van der Waals surface area contributed by atoms with Gasteiger partial charge in [0.25, 0.3) is 0 Å². The lowest BCUT2D eigenvalue weighted by Crippen LogP contribution is -2.10. The van der Waals surface area contributed by atoms with Crippen molar-refractivity contribution in [2.45, 2.75) is 26.7 Å². The third-order valence-electron chi connectivity index (χ3n) is 6.29. The molecule has 0 amide bonds. The minimum absolute atomic E-state index is 0.712. The van der Waals surface area contributed by atoms with Crippen molar-refractivity contribution in [1.82, 2.24) is 30.5 Å². The molecule has 5 aromatic rings. The normalized spacial score (nSPS) is 12.3. The fraction of sp³-hybridized carbons (Fsp3) is 0.129. The molecule has 0 saturated heterocycles. The summed E-state index contributed by atoms with van der Waals surface area (Å²) >= 11 is 0. The predicted octanol–water partition coefficient (Wildman–Crippen LogP) is 7.54. The molecule has 0 bridgehead atoms. The van der Waals surface area contributed by atoms with Gasteiger partial charge in [-0.05, 0) is 67.0 Å². The lowest BCUT2D eigenvalue weighted by atomic mass is 10.0. The molecule has 3 heterocycles. The Labute approximate surface area is 216 Å². The molecule has 0 radical (unpaired) electrons. The Morgan fingerprint density at radius 2 is 1.97 bits per heavy atom. The number of para-hydroxylation sites is 1. The Kier molecular flexibility index (Phi) is 6.81. The molecule has 5 rings (SSSR count). The van der Waals surface area contributed by atoms with Gasteiger partial charge in [0.05, 0.1) is 22.2 Å². The zero-order chi connectivity index (χ0) is 25.8. The number of nitrogens with zero attached hydrogens (tertiary/aromatic N) is 3. The number of imidazole rings is 1. The number of aromatic amines is 2. The molecule has 0 aliphatic carbocycles. The number of benzene rings is 2. The monoisotopic (exact) mass is 486 g/mol. The zero-order valence-corrected chi connectivity index (χ0v) is 21.2. The third-order valence-corrected chi connectivity index (χ3v) is 6.29. The molecule has 6 nitrogen and oxygen atoms in total. The van der Waals surface area contributed by atoms with Gasteiger partial charge in [0.1, 0.15) is 5.69 Å². The minimum Gasteiger partial charge on any atom is -0.359 e. The molecule has 0 unspecified atom stereocenters. The van der Waals surface area contributed by atoms with E-state index in [9.17, 15) is 0 Å². The fourth-order valence-corrected chi connectivity index (χ4v) is 4.46. The first-order valence-corrected chi connectivity index (χ1v) is 12.5. The molecule has 3 N–H and O–H groups in total. The summed E-state index contributed by atoms with van der Waals surface area (Å²) in [5.41, 5.74) is 9.44. The second-order valence-electron chi connectivity index (χ2n) is 8.86. The van der Waals surface area contributed by atoms with Crippen molar-refractivity contribution in [1.29, 1.82) is 0 Å². The summed E-state index contributed by atoms with van der Waals surface area (Å²) in [6, 6.07) is 18.3. The van der Waals surface area contributed by atoms with Crippen molar-refractivity contribution in [3.63, 3.8) is 0 Å². The first kappa shape index (κ1) is 24.0. The van der Waals surface area contributed by atoms with Gasteiger partial charge in [0.2, 0.25) is 0 Å². The predicted molar refractivity (Wildman–Crippen MR) is 154 cm³/mol. The molecule has 0 aliphatic heterocycles. The molecule has 0 saturated carbocycles. The van der Waals surface area contributed by atoms with Crippen LogP contribution in [0, 0.1) is 0 Å². The number of allylic oxidation sites excluding steroid dienone is 5. The quantitative estimate of drug-likeness (QED) is 0.188. The van der Waals surface area contributed by atoms with Crippen molar-refractivity contribution in [3.8, 4) is 22.8 Å². The van der Waals surface area contributed by atoms with Crippen LogP contribution in [0.2, 0.25) is 0 Å². The molecule has 0 fully saturated rings. The smallest absolute Gasteiger partial charge is 0.159 e. The average molecular weight is 487 g/mol. The van der Waals surface area contributed by atoms with Crippen LogP contribution in [-0.4, -0.2) is 25.1 Å². The van der Waals surface area contributed by atoms with Crippen LogP contribution >= 0.6 is 0 Å². The number of nitrogens with one attached hydrogen (secondary N) is 3. The summed E-state index contributed by atoms with van der Waals surface area (Å²) in [6.45, 7) is 12.3. The highest BCUT2D eigenvalue weighted by molar-refractivity contribution is 5.98. The van der Waals surface area contributed by atoms with Gasteiger partial charge in [-0.15, -0.1) is 0 Å². The summed E-state index contributed by atoms with van der Waals surface area (Å²) in [7, 11) is 0. The number of hydrogen-bond donors (Lipinski definition) is 3. The van der Waals surface area contributed by atoms with Gasteiger partial charge < -0.3 is 10.3 Å². The van der Waals surface area contributed by atoms with Crippen LogP contribution in [0.3, 0.4) is 0 Å². The van der Waals surface area contributed by atoms with Gasteiger partial charge in [-0.3, -0.25) is 10.1 Å². The Morgan fingerprint density at radius 1 is 1.08 bits per heavy atom. The molecule has 2 aromatic carbocycles. The van der Waals surface area contributed by atoms with Crippen molar-refractivity contribution < 1.29 is 0 Å². The summed E-state index contributed by atoms with van der Waals surface area (Å²) in [6.07, 6.45) is 9.76. The number of aromatic nitrogens is 5. The highest BCUT2D eigenvalue weighted by atomic mass is 15.1. The van der Waals surface area contributed by atoms with E-state index in [1.807, 2.05) is 49.4 Å². The van der Waals surface area contributed by atoms with Crippen molar-refractivity contribution >= 4 is 27.5 Å². The third kappa shape index (κ3) is 4.86. The van der Waals surface area contributed by atoms with Gasteiger partial charge in [0, 0.05) is 28.5 Å². The van der Waals surface area contributed by atoms with Crippen LogP contribution in [0.15, 0.2) is 104 Å². The number of fused-ring (bicyclic) bond motifs is 2. The Hall–Kier alpha value is -4.71. The largest absolute Gasteiger partial charge is 0.359 e. The van der Waals surface area contributed by atoms with E-state index in [4.69, 9.17) is 4.98 Å². The standard InChI is InChI=1S/C31H30N6/c1-5-11-20(4)33-23(7-3)18-21(6-2)22-15-16-27-25(19-22)30(37-36-27)31-34-28-14-10-12-24(29(28)35-31)26-13-8-9-17-32-26/h6-10,12-19,33H,3-5,11H2,1-2H3,(H,34,35)(H,36,37)/b21-6+,23-18+. The molecule has 184 valence electrons. The van der Waals surface area contributed by atoms with Crippen molar-refractivity contribution in [3.05, 3.63) is 109 Å². The topological polar surface area (TPSA) is 82.3 Å². The molecule has 6 heteroatoms. The summed E-state index contributed by atoms with van der Waals surface area (Å²) < 4.78 is 0. The molecule has 0 atom stereocenters. The summed E-state index contributed by atoms with van der Waals surface area (Å²) in [5.74, 6) is 0.712.